The smallest absolute Gasteiger partial charge is 0.239 e. The first kappa shape index (κ1) is 14.6. The number of amides is 1. The van der Waals surface area contributed by atoms with Crippen LogP contribution in [-0.4, -0.2) is 45.9 Å². The highest BCUT2D eigenvalue weighted by molar-refractivity contribution is 5.82. The third-order valence-corrected chi connectivity index (χ3v) is 3.18. The summed E-state index contributed by atoms with van der Waals surface area (Å²) in [7, 11) is 3.21. The zero-order valence-electron chi connectivity index (χ0n) is 11.8. The van der Waals surface area contributed by atoms with E-state index < -0.39 is 0 Å². The fourth-order valence-corrected chi connectivity index (χ4v) is 2.06. The minimum atomic E-state index is -0.291. The van der Waals surface area contributed by atoms with Crippen molar-refractivity contribution in [2.45, 2.75) is 12.6 Å². The van der Waals surface area contributed by atoms with E-state index >= 15 is 0 Å². The summed E-state index contributed by atoms with van der Waals surface area (Å²) in [6.45, 7) is 2.13. The SMILES string of the molecule is COc1ccc(OC)c(CNC(=O)C2COCCN2)c1. The molecule has 1 aromatic rings. The van der Waals surface area contributed by atoms with E-state index in [0.717, 1.165) is 17.1 Å². The highest BCUT2D eigenvalue weighted by Gasteiger charge is 2.21. The number of carbonyl (C=O) groups excluding carboxylic acids is 1. The van der Waals surface area contributed by atoms with E-state index in [1.165, 1.54) is 0 Å². The second kappa shape index (κ2) is 7.12. The summed E-state index contributed by atoms with van der Waals surface area (Å²) in [4.78, 5) is 12.0. The van der Waals surface area contributed by atoms with Gasteiger partial charge in [0.15, 0.2) is 0 Å². The van der Waals surface area contributed by atoms with Gasteiger partial charge < -0.3 is 24.8 Å². The Balaban J connectivity index is 1.96. The Bertz CT molecular complexity index is 458. The van der Waals surface area contributed by atoms with E-state index in [1.54, 1.807) is 14.2 Å². The van der Waals surface area contributed by atoms with Gasteiger partial charge in [-0.2, -0.15) is 0 Å². The van der Waals surface area contributed by atoms with Crippen molar-refractivity contribution in [1.29, 1.82) is 0 Å². The van der Waals surface area contributed by atoms with E-state index in [9.17, 15) is 4.79 Å². The summed E-state index contributed by atoms with van der Waals surface area (Å²) >= 11 is 0. The van der Waals surface area contributed by atoms with Crippen LogP contribution < -0.4 is 20.1 Å². The Hall–Kier alpha value is -1.79. The molecule has 20 heavy (non-hydrogen) atoms. The number of rotatable bonds is 5. The molecule has 6 heteroatoms. The molecule has 0 bridgehead atoms. The number of hydrogen-bond donors (Lipinski definition) is 2. The fourth-order valence-electron chi connectivity index (χ4n) is 2.06. The molecule has 1 fully saturated rings. The molecule has 6 nitrogen and oxygen atoms in total. The van der Waals surface area contributed by atoms with Crippen LogP contribution in [0.25, 0.3) is 0 Å². The van der Waals surface area contributed by atoms with Crippen molar-refractivity contribution in [2.24, 2.45) is 0 Å². The third kappa shape index (κ3) is 3.61. The van der Waals surface area contributed by atoms with Crippen LogP contribution in [0, 0.1) is 0 Å². The lowest BCUT2D eigenvalue weighted by atomic mass is 10.1. The molecule has 1 aliphatic heterocycles. The Labute approximate surface area is 118 Å². The molecule has 0 spiro atoms. The van der Waals surface area contributed by atoms with Gasteiger partial charge in [-0.1, -0.05) is 0 Å². The summed E-state index contributed by atoms with van der Waals surface area (Å²) < 4.78 is 15.7. The summed E-state index contributed by atoms with van der Waals surface area (Å²) in [5.41, 5.74) is 0.872. The van der Waals surface area contributed by atoms with E-state index in [0.29, 0.717) is 26.3 Å². The number of carbonyl (C=O) groups is 1. The first-order valence-corrected chi connectivity index (χ1v) is 6.54. The molecule has 0 radical (unpaired) electrons. The average molecular weight is 280 g/mol. The van der Waals surface area contributed by atoms with Crippen molar-refractivity contribution in [3.8, 4) is 11.5 Å². The van der Waals surface area contributed by atoms with Crippen LogP contribution in [0.1, 0.15) is 5.56 Å². The maximum atomic E-state index is 12.0. The number of nitrogens with one attached hydrogen (secondary N) is 2. The highest BCUT2D eigenvalue weighted by atomic mass is 16.5. The van der Waals surface area contributed by atoms with Gasteiger partial charge in [0, 0.05) is 18.7 Å². The van der Waals surface area contributed by atoms with Gasteiger partial charge in [-0.15, -0.1) is 0 Å². The van der Waals surface area contributed by atoms with Gasteiger partial charge in [0.25, 0.3) is 0 Å². The number of methoxy groups -OCH3 is 2. The monoisotopic (exact) mass is 280 g/mol. The summed E-state index contributed by atoms with van der Waals surface area (Å²) in [5, 5.41) is 5.99. The van der Waals surface area contributed by atoms with Crippen LogP contribution in [-0.2, 0) is 16.1 Å². The summed E-state index contributed by atoms with van der Waals surface area (Å²) in [6.07, 6.45) is 0. The van der Waals surface area contributed by atoms with E-state index in [2.05, 4.69) is 10.6 Å². The summed E-state index contributed by atoms with van der Waals surface area (Å²) in [5.74, 6) is 1.38. The van der Waals surface area contributed by atoms with Gasteiger partial charge in [0.1, 0.15) is 17.5 Å². The Morgan fingerprint density at radius 3 is 2.95 bits per heavy atom. The van der Waals surface area contributed by atoms with Crippen molar-refractivity contribution in [2.75, 3.05) is 34.0 Å². The number of ether oxygens (including phenoxy) is 3. The third-order valence-electron chi connectivity index (χ3n) is 3.18. The normalized spacial score (nSPS) is 18.4. The van der Waals surface area contributed by atoms with Crippen LogP contribution >= 0.6 is 0 Å². The predicted molar refractivity (Wildman–Crippen MR) is 74.0 cm³/mol. The molecule has 0 saturated carbocycles. The number of hydrogen-bond acceptors (Lipinski definition) is 5. The minimum Gasteiger partial charge on any atom is -0.497 e. The Morgan fingerprint density at radius 2 is 2.30 bits per heavy atom. The zero-order chi connectivity index (χ0) is 14.4. The van der Waals surface area contributed by atoms with Crippen LogP contribution in [0.2, 0.25) is 0 Å². The maximum Gasteiger partial charge on any atom is 0.239 e. The minimum absolute atomic E-state index is 0.0745. The average Bonchev–Trinajstić information content (AvgIpc) is 2.53. The molecular weight excluding hydrogens is 260 g/mol. The molecule has 1 amide bonds. The van der Waals surface area contributed by atoms with Crippen LogP contribution in [0.3, 0.4) is 0 Å². The largest absolute Gasteiger partial charge is 0.497 e. The lowest BCUT2D eigenvalue weighted by molar-refractivity contribution is -0.126. The van der Waals surface area contributed by atoms with Crippen molar-refractivity contribution in [3.05, 3.63) is 23.8 Å². The highest BCUT2D eigenvalue weighted by Crippen LogP contribution is 2.23. The van der Waals surface area contributed by atoms with Crippen molar-refractivity contribution in [3.63, 3.8) is 0 Å². The van der Waals surface area contributed by atoms with E-state index in [4.69, 9.17) is 14.2 Å². The zero-order valence-corrected chi connectivity index (χ0v) is 11.8. The first-order chi connectivity index (χ1) is 9.74. The van der Waals surface area contributed by atoms with E-state index in [-0.39, 0.29) is 11.9 Å². The molecule has 1 aliphatic rings. The lowest BCUT2D eigenvalue weighted by Crippen LogP contribution is -2.51. The second-order valence-corrected chi connectivity index (χ2v) is 4.48. The van der Waals surface area contributed by atoms with Crippen LogP contribution in [0.5, 0.6) is 11.5 Å². The number of benzene rings is 1. The second-order valence-electron chi connectivity index (χ2n) is 4.48. The van der Waals surface area contributed by atoms with Gasteiger partial charge in [0.2, 0.25) is 5.91 Å². The molecule has 0 aromatic heterocycles. The molecule has 110 valence electrons. The predicted octanol–water partition coefficient (Wildman–Crippen LogP) is 0.308. The molecular formula is C14H20N2O4. The van der Waals surface area contributed by atoms with Gasteiger partial charge in [-0.05, 0) is 18.2 Å². The summed E-state index contributed by atoms with van der Waals surface area (Å²) in [6, 6.07) is 5.20. The maximum absolute atomic E-state index is 12.0. The van der Waals surface area contributed by atoms with Gasteiger partial charge >= 0.3 is 0 Å². The molecule has 1 aromatic carbocycles. The molecule has 1 unspecified atom stereocenters. The van der Waals surface area contributed by atoms with Gasteiger partial charge in [-0.3, -0.25) is 4.79 Å². The molecule has 2 rings (SSSR count). The standard InChI is InChI=1S/C14H20N2O4/c1-18-11-3-4-13(19-2)10(7-11)8-16-14(17)12-9-20-6-5-15-12/h3-4,7,12,15H,5-6,8-9H2,1-2H3,(H,16,17). The van der Waals surface area contributed by atoms with Gasteiger partial charge in [0.05, 0.1) is 27.4 Å². The first-order valence-electron chi connectivity index (χ1n) is 6.54. The van der Waals surface area contributed by atoms with Crippen molar-refractivity contribution in [1.82, 2.24) is 10.6 Å². The van der Waals surface area contributed by atoms with Crippen LogP contribution in [0.15, 0.2) is 18.2 Å². The topological polar surface area (TPSA) is 68.8 Å². The molecule has 0 aliphatic carbocycles. The van der Waals surface area contributed by atoms with Crippen molar-refractivity contribution >= 4 is 5.91 Å². The molecule has 1 atom stereocenters. The Kier molecular flexibility index (Phi) is 5.20. The number of morpholine rings is 1. The fraction of sp³-hybridized carbons (Fsp3) is 0.500. The quantitative estimate of drug-likeness (QED) is 0.812. The molecule has 1 heterocycles. The lowest BCUT2D eigenvalue weighted by Gasteiger charge is -2.23. The van der Waals surface area contributed by atoms with E-state index in [1.807, 2.05) is 18.2 Å². The molecule has 2 N–H and O–H groups in total. The van der Waals surface area contributed by atoms with Gasteiger partial charge in [-0.25, -0.2) is 0 Å². The Morgan fingerprint density at radius 1 is 1.45 bits per heavy atom. The van der Waals surface area contributed by atoms with Crippen molar-refractivity contribution < 1.29 is 19.0 Å². The van der Waals surface area contributed by atoms with Crippen LogP contribution in [0.4, 0.5) is 0 Å². The molecule has 1 saturated heterocycles.